The molecule has 0 amide bonds. The highest BCUT2D eigenvalue weighted by Gasteiger charge is 2.05. The Kier molecular flexibility index (Phi) is 18.8. The Morgan fingerprint density at radius 2 is 1.11 bits per heavy atom. The maximum atomic E-state index is 11.8. The highest BCUT2D eigenvalue weighted by Crippen LogP contribution is 2.15. The third-order valence-electron chi connectivity index (χ3n) is 5.83. The van der Waals surface area contributed by atoms with Crippen LogP contribution in [0.4, 0.5) is 0 Å². The molecule has 0 aromatic heterocycles. The van der Waals surface area contributed by atoms with Crippen LogP contribution in [0.5, 0.6) is 5.75 Å². The number of benzene rings is 2. The third kappa shape index (κ3) is 16.4. The van der Waals surface area contributed by atoms with Crippen LogP contribution in [0.1, 0.15) is 61.4 Å². The van der Waals surface area contributed by atoms with Crippen LogP contribution < -0.4 is 4.74 Å². The molecular formula is C31H46O7. The molecule has 0 aliphatic heterocycles. The van der Waals surface area contributed by atoms with Crippen LogP contribution in [-0.4, -0.2) is 72.0 Å². The van der Waals surface area contributed by atoms with Gasteiger partial charge in [-0.2, -0.15) is 0 Å². The third-order valence-corrected chi connectivity index (χ3v) is 5.83. The van der Waals surface area contributed by atoms with Gasteiger partial charge in [-0.1, -0.05) is 69.4 Å². The lowest BCUT2D eigenvalue weighted by Gasteiger charge is -2.09. The summed E-state index contributed by atoms with van der Waals surface area (Å²) in [6.07, 6.45) is 9.09. The second-order valence-corrected chi connectivity index (χ2v) is 8.96. The largest absolute Gasteiger partial charge is 0.491 e. The minimum atomic E-state index is -0.345. The summed E-state index contributed by atoms with van der Waals surface area (Å²) in [5, 5.41) is 0. The lowest BCUT2D eigenvalue weighted by molar-refractivity contribution is -0.0107. The Balaban J connectivity index is 1.30. The zero-order valence-corrected chi connectivity index (χ0v) is 23.1. The van der Waals surface area contributed by atoms with Crippen LogP contribution >= 0.6 is 0 Å². The number of rotatable bonds is 24. The molecule has 0 bridgehead atoms. The predicted octanol–water partition coefficient (Wildman–Crippen LogP) is 5.89. The average Bonchev–Trinajstić information content (AvgIpc) is 2.95. The molecule has 0 radical (unpaired) electrons. The van der Waals surface area contributed by atoms with E-state index in [-0.39, 0.29) is 12.6 Å². The van der Waals surface area contributed by atoms with Crippen LogP contribution in [0, 0.1) is 0 Å². The zero-order chi connectivity index (χ0) is 26.9. The summed E-state index contributed by atoms with van der Waals surface area (Å²) in [6, 6.07) is 17.3. The molecule has 0 aliphatic rings. The first-order chi connectivity index (χ1) is 18.8. The van der Waals surface area contributed by atoms with Crippen molar-refractivity contribution in [3.05, 3.63) is 65.7 Å². The van der Waals surface area contributed by atoms with Gasteiger partial charge < -0.3 is 28.4 Å². The van der Waals surface area contributed by atoms with Crippen LogP contribution in [-0.2, 0) is 30.1 Å². The lowest BCUT2D eigenvalue weighted by atomic mass is 10.0. The molecule has 0 heterocycles. The number of aryl methyl sites for hydroxylation is 1. The van der Waals surface area contributed by atoms with Crippen molar-refractivity contribution in [3.8, 4) is 5.75 Å². The summed E-state index contributed by atoms with van der Waals surface area (Å²) >= 11 is 0. The molecule has 0 aliphatic carbocycles. The van der Waals surface area contributed by atoms with E-state index >= 15 is 0 Å². The number of esters is 1. The van der Waals surface area contributed by atoms with E-state index in [0.29, 0.717) is 65.0 Å². The Hall–Kier alpha value is -2.45. The summed E-state index contributed by atoms with van der Waals surface area (Å²) in [5.74, 6) is 0.536. The lowest BCUT2D eigenvalue weighted by Crippen LogP contribution is -2.15. The molecule has 0 saturated heterocycles. The van der Waals surface area contributed by atoms with Crippen molar-refractivity contribution in [1.82, 2.24) is 0 Å². The van der Waals surface area contributed by atoms with Crippen molar-refractivity contribution in [2.45, 2.75) is 51.9 Å². The molecule has 2 aromatic carbocycles. The first-order valence-electron chi connectivity index (χ1n) is 14.0. The van der Waals surface area contributed by atoms with Crippen LogP contribution in [0.15, 0.2) is 54.6 Å². The molecule has 0 spiro atoms. The van der Waals surface area contributed by atoms with E-state index in [1.807, 2.05) is 18.2 Å². The smallest absolute Gasteiger partial charge is 0.338 e. The summed E-state index contributed by atoms with van der Waals surface area (Å²) in [7, 11) is 0. The van der Waals surface area contributed by atoms with Gasteiger partial charge in [0.2, 0.25) is 0 Å². The van der Waals surface area contributed by atoms with Crippen molar-refractivity contribution in [3.63, 3.8) is 0 Å². The molecule has 7 heteroatoms. The fourth-order valence-electron chi connectivity index (χ4n) is 3.69. The SMILES string of the molecule is CCCCCCCCc1ccc(OCCOCCOCCOCCOCCOC(=O)c2ccccc2)cc1. The molecule has 212 valence electrons. The average molecular weight is 531 g/mol. The van der Waals surface area contributed by atoms with Crippen LogP contribution in [0.2, 0.25) is 0 Å². The standard InChI is InChI=1S/C31H46O7/c1-2-3-4-5-6-8-11-28-14-16-30(17-15-28)37-26-24-35-22-20-33-18-19-34-21-23-36-25-27-38-31(32)29-12-9-7-10-13-29/h7,9-10,12-17H,2-6,8,11,18-27H2,1H3. The molecular weight excluding hydrogens is 484 g/mol. The topological polar surface area (TPSA) is 72.5 Å². The predicted molar refractivity (Wildman–Crippen MR) is 149 cm³/mol. The number of carbonyl (C=O) groups is 1. The van der Waals surface area contributed by atoms with Gasteiger partial charge in [-0.05, 0) is 42.7 Å². The highest BCUT2D eigenvalue weighted by atomic mass is 16.6. The first kappa shape index (κ1) is 31.8. The van der Waals surface area contributed by atoms with Gasteiger partial charge in [-0.15, -0.1) is 0 Å². The number of hydrogen-bond acceptors (Lipinski definition) is 7. The van der Waals surface area contributed by atoms with Gasteiger partial charge in [-0.3, -0.25) is 0 Å². The van der Waals surface area contributed by atoms with Crippen LogP contribution in [0.25, 0.3) is 0 Å². The van der Waals surface area contributed by atoms with Crippen molar-refractivity contribution in [2.24, 2.45) is 0 Å². The summed E-state index contributed by atoms with van der Waals surface area (Å²) in [6.45, 7) is 6.77. The van der Waals surface area contributed by atoms with Gasteiger partial charge >= 0.3 is 5.97 Å². The number of unbranched alkanes of at least 4 members (excludes halogenated alkanes) is 5. The highest BCUT2D eigenvalue weighted by molar-refractivity contribution is 5.89. The van der Waals surface area contributed by atoms with E-state index in [0.717, 1.165) is 12.2 Å². The summed E-state index contributed by atoms with van der Waals surface area (Å²) in [5.41, 5.74) is 1.91. The fraction of sp³-hybridized carbons (Fsp3) is 0.581. The Bertz CT molecular complexity index is 811. The Morgan fingerprint density at radius 1 is 0.579 bits per heavy atom. The molecule has 0 atom stereocenters. The second-order valence-electron chi connectivity index (χ2n) is 8.96. The minimum absolute atomic E-state index is 0.216. The molecule has 2 aromatic rings. The second kappa shape index (κ2) is 22.5. The maximum absolute atomic E-state index is 11.8. The van der Waals surface area contributed by atoms with Gasteiger partial charge in [0.1, 0.15) is 19.0 Å². The van der Waals surface area contributed by atoms with Gasteiger partial charge in [0.25, 0.3) is 0 Å². The normalized spacial score (nSPS) is 11.0. The minimum Gasteiger partial charge on any atom is -0.491 e. The van der Waals surface area contributed by atoms with Crippen molar-refractivity contribution >= 4 is 5.97 Å². The van der Waals surface area contributed by atoms with Crippen molar-refractivity contribution < 1.29 is 33.2 Å². The molecule has 0 fully saturated rings. The molecule has 0 saturated carbocycles. The Labute approximate surface area is 228 Å². The maximum Gasteiger partial charge on any atom is 0.338 e. The fourth-order valence-corrected chi connectivity index (χ4v) is 3.69. The van der Waals surface area contributed by atoms with Gasteiger partial charge in [-0.25, -0.2) is 4.79 Å². The van der Waals surface area contributed by atoms with Crippen LogP contribution in [0.3, 0.4) is 0 Å². The van der Waals surface area contributed by atoms with E-state index < -0.39 is 0 Å². The van der Waals surface area contributed by atoms with E-state index in [1.165, 1.54) is 44.1 Å². The van der Waals surface area contributed by atoms with Gasteiger partial charge in [0.15, 0.2) is 0 Å². The van der Waals surface area contributed by atoms with Gasteiger partial charge in [0, 0.05) is 0 Å². The van der Waals surface area contributed by atoms with E-state index in [1.54, 1.807) is 24.3 Å². The number of ether oxygens (including phenoxy) is 6. The van der Waals surface area contributed by atoms with Gasteiger partial charge in [0.05, 0.1) is 58.4 Å². The monoisotopic (exact) mass is 530 g/mol. The zero-order valence-electron chi connectivity index (χ0n) is 23.1. The van der Waals surface area contributed by atoms with Crippen molar-refractivity contribution in [1.29, 1.82) is 0 Å². The van der Waals surface area contributed by atoms with Crippen molar-refractivity contribution in [2.75, 3.05) is 66.1 Å². The molecule has 7 nitrogen and oxygen atoms in total. The van der Waals surface area contributed by atoms with E-state index in [9.17, 15) is 4.79 Å². The summed E-state index contributed by atoms with van der Waals surface area (Å²) < 4.78 is 32.8. The summed E-state index contributed by atoms with van der Waals surface area (Å²) in [4.78, 5) is 11.8. The Morgan fingerprint density at radius 3 is 1.71 bits per heavy atom. The molecule has 0 N–H and O–H groups in total. The first-order valence-corrected chi connectivity index (χ1v) is 14.0. The number of hydrogen-bond donors (Lipinski definition) is 0. The quantitative estimate of drug-likeness (QED) is 0.124. The molecule has 2 rings (SSSR count). The van der Waals surface area contributed by atoms with E-state index in [2.05, 4.69) is 19.1 Å². The molecule has 38 heavy (non-hydrogen) atoms. The van der Waals surface area contributed by atoms with E-state index in [4.69, 9.17) is 28.4 Å². The number of carbonyl (C=O) groups excluding carboxylic acids is 1. The molecule has 0 unspecified atom stereocenters.